The van der Waals surface area contributed by atoms with Crippen molar-refractivity contribution in [1.82, 2.24) is 9.80 Å². The Bertz CT molecular complexity index is 719. The fourth-order valence-electron chi connectivity index (χ4n) is 2.58. The highest BCUT2D eigenvalue weighted by atomic mass is 32.2. The van der Waals surface area contributed by atoms with E-state index in [9.17, 15) is 19.2 Å². The summed E-state index contributed by atoms with van der Waals surface area (Å²) in [5, 5.41) is -0.441. The summed E-state index contributed by atoms with van der Waals surface area (Å²) >= 11 is 0.839. The molecule has 0 radical (unpaired) electrons. The first-order chi connectivity index (χ1) is 11.5. The second-order valence-electron chi connectivity index (χ2n) is 5.60. The van der Waals surface area contributed by atoms with Crippen molar-refractivity contribution in [2.75, 3.05) is 19.6 Å². The fourth-order valence-corrected chi connectivity index (χ4v) is 3.42. The molecule has 0 bridgehead atoms. The Morgan fingerprint density at radius 2 is 1.75 bits per heavy atom. The van der Waals surface area contributed by atoms with Gasteiger partial charge in [0.1, 0.15) is 12.3 Å². The number of hydrogen-bond acceptors (Lipinski definition) is 5. The van der Waals surface area contributed by atoms with Crippen molar-refractivity contribution in [3.05, 3.63) is 40.8 Å². The number of imide groups is 1. The van der Waals surface area contributed by atoms with Crippen LogP contribution >= 0.6 is 11.8 Å². The minimum Gasteiger partial charge on any atom is -0.340 e. The number of nitrogens with zero attached hydrogens (tertiary/aromatic N) is 2. The number of carbonyl (C=O) groups excluding carboxylic acids is 4. The van der Waals surface area contributed by atoms with Crippen LogP contribution in [0.4, 0.5) is 4.79 Å². The van der Waals surface area contributed by atoms with Gasteiger partial charge in [-0.2, -0.15) is 0 Å². The predicted molar refractivity (Wildman–Crippen MR) is 89.9 cm³/mol. The number of piperidine rings is 1. The molecule has 0 aliphatic carbocycles. The van der Waals surface area contributed by atoms with Crippen molar-refractivity contribution in [2.24, 2.45) is 0 Å². The third-order valence-electron chi connectivity index (χ3n) is 3.94. The van der Waals surface area contributed by atoms with Crippen LogP contribution in [0, 0.1) is 0 Å². The number of ketones is 1. The number of likely N-dealkylation sites (tertiary alicyclic amines) is 1. The average molecular weight is 344 g/mol. The van der Waals surface area contributed by atoms with Crippen molar-refractivity contribution in [2.45, 2.75) is 12.8 Å². The highest BCUT2D eigenvalue weighted by molar-refractivity contribution is 8.18. The lowest BCUT2D eigenvalue weighted by Gasteiger charge is -2.27. The van der Waals surface area contributed by atoms with Crippen LogP contribution in [0.3, 0.4) is 0 Å². The normalized spacial score (nSPS) is 20.2. The topological polar surface area (TPSA) is 74.8 Å². The molecule has 0 atom stereocenters. The van der Waals surface area contributed by atoms with Crippen LogP contribution in [0.15, 0.2) is 35.2 Å². The Morgan fingerprint density at radius 3 is 2.42 bits per heavy atom. The molecule has 2 fully saturated rings. The third-order valence-corrected chi connectivity index (χ3v) is 4.85. The van der Waals surface area contributed by atoms with Crippen molar-refractivity contribution in [3.63, 3.8) is 0 Å². The van der Waals surface area contributed by atoms with Crippen LogP contribution in [-0.2, 0) is 14.4 Å². The minimum absolute atomic E-state index is 0.135. The molecule has 0 unspecified atom stereocenters. The molecule has 24 heavy (non-hydrogen) atoms. The molecule has 3 amide bonds. The van der Waals surface area contributed by atoms with E-state index < -0.39 is 11.1 Å². The third kappa shape index (κ3) is 3.56. The van der Waals surface area contributed by atoms with E-state index in [0.29, 0.717) is 30.8 Å². The Kier molecular flexibility index (Phi) is 4.80. The SMILES string of the molecule is O=C1CCN(C(=O)CN2C(=O)S/C(=C/c3ccccc3)C2=O)CC1. The second-order valence-corrected chi connectivity index (χ2v) is 6.59. The highest BCUT2D eigenvalue weighted by Gasteiger charge is 2.37. The zero-order valence-electron chi connectivity index (χ0n) is 12.9. The minimum atomic E-state index is -0.449. The van der Waals surface area contributed by atoms with E-state index in [-0.39, 0.29) is 18.2 Å². The van der Waals surface area contributed by atoms with Gasteiger partial charge in [0.05, 0.1) is 4.91 Å². The largest absolute Gasteiger partial charge is 0.340 e. The van der Waals surface area contributed by atoms with E-state index in [2.05, 4.69) is 0 Å². The lowest BCUT2D eigenvalue weighted by Crippen LogP contribution is -2.45. The van der Waals surface area contributed by atoms with Crippen molar-refractivity contribution in [3.8, 4) is 0 Å². The number of rotatable bonds is 3. The maximum Gasteiger partial charge on any atom is 0.294 e. The summed E-state index contributed by atoms with van der Waals surface area (Å²) in [5.74, 6) is -0.614. The number of Topliss-reactive ketones (excluding diaryl/α,β-unsaturated/α-hetero) is 1. The summed E-state index contributed by atoms with van der Waals surface area (Å²) in [6.45, 7) is 0.437. The molecule has 2 aliphatic rings. The molecular weight excluding hydrogens is 328 g/mol. The number of amides is 3. The van der Waals surface area contributed by atoms with Crippen LogP contribution in [0.1, 0.15) is 18.4 Å². The second kappa shape index (κ2) is 7.00. The van der Waals surface area contributed by atoms with Gasteiger partial charge in [-0.3, -0.25) is 24.1 Å². The Balaban J connectivity index is 1.67. The predicted octanol–water partition coefficient (Wildman–Crippen LogP) is 1.91. The summed E-state index contributed by atoms with van der Waals surface area (Å²) in [6.07, 6.45) is 2.32. The van der Waals surface area contributed by atoms with E-state index in [0.717, 1.165) is 22.2 Å². The Morgan fingerprint density at radius 1 is 1.08 bits per heavy atom. The number of hydrogen-bond donors (Lipinski definition) is 0. The van der Waals surface area contributed by atoms with Crippen LogP contribution in [0.2, 0.25) is 0 Å². The van der Waals surface area contributed by atoms with E-state index in [1.165, 1.54) is 4.90 Å². The molecule has 2 heterocycles. The smallest absolute Gasteiger partial charge is 0.294 e. The summed E-state index contributed by atoms with van der Waals surface area (Å²) in [5.41, 5.74) is 0.823. The molecule has 0 N–H and O–H groups in total. The number of thioether (sulfide) groups is 1. The van der Waals surface area contributed by atoms with Gasteiger partial charge in [0, 0.05) is 25.9 Å². The van der Waals surface area contributed by atoms with Crippen LogP contribution in [0.25, 0.3) is 6.08 Å². The van der Waals surface area contributed by atoms with E-state index in [4.69, 9.17) is 0 Å². The molecule has 0 saturated carbocycles. The first-order valence-electron chi connectivity index (χ1n) is 7.64. The number of benzene rings is 1. The zero-order valence-corrected chi connectivity index (χ0v) is 13.8. The van der Waals surface area contributed by atoms with Crippen LogP contribution in [-0.4, -0.2) is 52.3 Å². The van der Waals surface area contributed by atoms with E-state index in [1.54, 1.807) is 6.08 Å². The van der Waals surface area contributed by atoms with Gasteiger partial charge in [-0.1, -0.05) is 30.3 Å². The molecule has 1 aromatic carbocycles. The zero-order chi connectivity index (χ0) is 17.1. The lowest BCUT2D eigenvalue weighted by molar-refractivity contribution is -0.138. The van der Waals surface area contributed by atoms with Gasteiger partial charge in [0.15, 0.2) is 0 Å². The molecule has 0 aromatic heterocycles. The molecular formula is C17H16N2O4S. The summed E-state index contributed by atoms with van der Waals surface area (Å²) < 4.78 is 0. The van der Waals surface area contributed by atoms with E-state index in [1.807, 2.05) is 30.3 Å². The Hall–Kier alpha value is -2.41. The van der Waals surface area contributed by atoms with Gasteiger partial charge in [-0.25, -0.2) is 0 Å². The van der Waals surface area contributed by atoms with Crippen LogP contribution in [0.5, 0.6) is 0 Å². The van der Waals surface area contributed by atoms with Gasteiger partial charge < -0.3 is 4.90 Å². The van der Waals surface area contributed by atoms with Crippen molar-refractivity contribution >= 4 is 40.7 Å². The molecule has 2 aliphatic heterocycles. The highest BCUT2D eigenvalue weighted by Crippen LogP contribution is 2.32. The van der Waals surface area contributed by atoms with Gasteiger partial charge in [0.2, 0.25) is 5.91 Å². The maximum absolute atomic E-state index is 12.4. The summed E-state index contributed by atoms with van der Waals surface area (Å²) in [7, 11) is 0. The first kappa shape index (κ1) is 16.4. The van der Waals surface area contributed by atoms with Crippen molar-refractivity contribution < 1.29 is 19.2 Å². The van der Waals surface area contributed by atoms with Crippen molar-refractivity contribution in [1.29, 1.82) is 0 Å². The van der Waals surface area contributed by atoms with Gasteiger partial charge >= 0.3 is 0 Å². The van der Waals surface area contributed by atoms with Gasteiger partial charge in [-0.05, 0) is 23.4 Å². The quantitative estimate of drug-likeness (QED) is 0.783. The molecule has 0 spiro atoms. The monoisotopic (exact) mass is 344 g/mol. The fraction of sp³-hybridized carbons (Fsp3) is 0.294. The molecule has 6 nitrogen and oxygen atoms in total. The van der Waals surface area contributed by atoms with Crippen LogP contribution < -0.4 is 0 Å². The van der Waals surface area contributed by atoms with Gasteiger partial charge in [0.25, 0.3) is 11.1 Å². The maximum atomic E-state index is 12.4. The van der Waals surface area contributed by atoms with E-state index >= 15 is 0 Å². The molecule has 2 saturated heterocycles. The molecule has 1 aromatic rings. The summed E-state index contributed by atoms with van der Waals surface area (Å²) in [6, 6.07) is 9.23. The summed E-state index contributed by atoms with van der Waals surface area (Å²) in [4.78, 5) is 50.7. The molecule has 124 valence electrons. The number of carbonyl (C=O) groups is 4. The Labute approximate surface area is 143 Å². The molecule has 7 heteroatoms. The standard InChI is InChI=1S/C17H16N2O4S/c20-13-6-8-18(9-7-13)15(21)11-19-16(22)14(24-17(19)23)10-12-4-2-1-3-5-12/h1-5,10H,6-9,11H2/b14-10+. The first-order valence-corrected chi connectivity index (χ1v) is 8.46. The van der Waals surface area contributed by atoms with Gasteiger partial charge in [-0.15, -0.1) is 0 Å². The molecule has 3 rings (SSSR count). The average Bonchev–Trinajstić information content (AvgIpc) is 2.84. The lowest BCUT2D eigenvalue weighted by atomic mass is 10.1.